The molecule has 0 bridgehead atoms. The molecule has 3 rings (SSSR count). The first-order valence-electron chi connectivity index (χ1n) is 6.07. The molecular formula is C13H13ClN4O. The van der Waals surface area contributed by atoms with Crippen LogP contribution in [0.3, 0.4) is 0 Å². The highest BCUT2D eigenvalue weighted by atomic mass is 35.5. The quantitative estimate of drug-likeness (QED) is 0.843. The van der Waals surface area contributed by atoms with Crippen LogP contribution in [0.4, 0.5) is 5.95 Å². The van der Waals surface area contributed by atoms with E-state index in [1.54, 1.807) is 12.5 Å². The molecule has 3 heterocycles. The third kappa shape index (κ3) is 2.33. The molecule has 5 nitrogen and oxygen atoms in total. The van der Waals surface area contributed by atoms with E-state index in [1.807, 2.05) is 18.4 Å². The first kappa shape index (κ1) is 12.2. The zero-order valence-electron chi connectivity index (χ0n) is 10.2. The molecule has 0 saturated carbocycles. The standard InChI is InChI=1S/C13H13ClN4O/c14-12-10(8-3-5-16-6-4-8)11(17-13(15)18-12)9-2-1-7-19-9/h1,3,5-9H,2,4H2,(H2,15,17,18). The summed E-state index contributed by atoms with van der Waals surface area (Å²) >= 11 is 6.26. The summed E-state index contributed by atoms with van der Waals surface area (Å²) in [4.78, 5) is 12.5. The zero-order chi connectivity index (χ0) is 13.2. The van der Waals surface area contributed by atoms with E-state index in [0.717, 1.165) is 24.1 Å². The maximum Gasteiger partial charge on any atom is 0.221 e. The maximum absolute atomic E-state index is 6.26. The molecule has 0 spiro atoms. The summed E-state index contributed by atoms with van der Waals surface area (Å²) in [7, 11) is 0. The molecule has 2 atom stereocenters. The van der Waals surface area contributed by atoms with E-state index in [1.165, 1.54) is 0 Å². The molecular weight excluding hydrogens is 264 g/mol. The van der Waals surface area contributed by atoms with Gasteiger partial charge in [-0.25, -0.2) is 9.97 Å². The monoisotopic (exact) mass is 276 g/mol. The number of nitrogen functional groups attached to an aromatic ring is 1. The minimum Gasteiger partial charge on any atom is -0.492 e. The molecule has 19 heavy (non-hydrogen) atoms. The Hall–Kier alpha value is -1.88. The van der Waals surface area contributed by atoms with Crippen LogP contribution in [0, 0.1) is 0 Å². The fourth-order valence-corrected chi connectivity index (χ4v) is 2.63. The van der Waals surface area contributed by atoms with E-state index in [4.69, 9.17) is 22.1 Å². The lowest BCUT2D eigenvalue weighted by Crippen LogP contribution is -2.13. The van der Waals surface area contributed by atoms with Gasteiger partial charge in [-0.15, -0.1) is 0 Å². The van der Waals surface area contributed by atoms with E-state index < -0.39 is 0 Å². The SMILES string of the molecule is Nc1nc(Cl)c(C2C=CN=CC2)c(C2CC=CO2)n1. The molecule has 0 amide bonds. The van der Waals surface area contributed by atoms with Crippen LogP contribution in [-0.4, -0.2) is 16.2 Å². The van der Waals surface area contributed by atoms with Crippen molar-refractivity contribution in [2.24, 2.45) is 4.99 Å². The van der Waals surface area contributed by atoms with Crippen LogP contribution in [0.1, 0.15) is 36.1 Å². The maximum atomic E-state index is 6.26. The van der Waals surface area contributed by atoms with Gasteiger partial charge in [0.1, 0.15) is 11.3 Å². The summed E-state index contributed by atoms with van der Waals surface area (Å²) < 4.78 is 5.54. The highest BCUT2D eigenvalue weighted by Crippen LogP contribution is 2.37. The van der Waals surface area contributed by atoms with Crippen molar-refractivity contribution in [2.45, 2.75) is 24.9 Å². The second-order valence-corrected chi connectivity index (χ2v) is 4.78. The van der Waals surface area contributed by atoms with Crippen molar-refractivity contribution < 1.29 is 4.74 Å². The van der Waals surface area contributed by atoms with Crippen LogP contribution in [0.5, 0.6) is 0 Å². The van der Waals surface area contributed by atoms with Crippen LogP contribution in [-0.2, 0) is 4.74 Å². The van der Waals surface area contributed by atoms with Gasteiger partial charge in [-0.1, -0.05) is 17.7 Å². The van der Waals surface area contributed by atoms with Gasteiger partial charge in [-0.05, 0) is 12.5 Å². The number of hydrogen-bond donors (Lipinski definition) is 1. The molecule has 2 aliphatic rings. The normalized spacial score (nSPS) is 24.7. The number of allylic oxidation sites excluding steroid dienone is 1. The number of halogens is 1. The van der Waals surface area contributed by atoms with Crippen molar-refractivity contribution in [3.8, 4) is 0 Å². The van der Waals surface area contributed by atoms with Gasteiger partial charge >= 0.3 is 0 Å². The molecule has 0 radical (unpaired) electrons. The van der Waals surface area contributed by atoms with Crippen molar-refractivity contribution in [3.63, 3.8) is 0 Å². The zero-order valence-corrected chi connectivity index (χ0v) is 10.9. The fraction of sp³-hybridized carbons (Fsp3) is 0.308. The molecule has 2 N–H and O–H groups in total. The Morgan fingerprint density at radius 1 is 1.32 bits per heavy atom. The summed E-state index contributed by atoms with van der Waals surface area (Å²) in [5, 5.41) is 0.392. The number of nitrogens with two attached hydrogens (primary N) is 1. The van der Waals surface area contributed by atoms with Crippen molar-refractivity contribution in [1.29, 1.82) is 0 Å². The van der Waals surface area contributed by atoms with Crippen molar-refractivity contribution >= 4 is 23.8 Å². The topological polar surface area (TPSA) is 73.4 Å². The summed E-state index contributed by atoms with van der Waals surface area (Å²) in [5.41, 5.74) is 7.35. The Bertz CT molecular complexity index is 574. The number of rotatable bonds is 2. The number of aromatic nitrogens is 2. The van der Waals surface area contributed by atoms with Crippen LogP contribution in [0.15, 0.2) is 29.6 Å². The highest BCUT2D eigenvalue weighted by molar-refractivity contribution is 6.30. The van der Waals surface area contributed by atoms with Crippen molar-refractivity contribution in [3.05, 3.63) is 41.0 Å². The number of aliphatic imine (C=N–C) groups is 1. The smallest absolute Gasteiger partial charge is 0.221 e. The Morgan fingerprint density at radius 3 is 2.89 bits per heavy atom. The van der Waals surface area contributed by atoms with Gasteiger partial charge < -0.3 is 10.5 Å². The summed E-state index contributed by atoms with van der Waals surface area (Å²) in [5.74, 6) is 0.289. The van der Waals surface area contributed by atoms with E-state index in [0.29, 0.717) is 5.15 Å². The van der Waals surface area contributed by atoms with Gasteiger partial charge in [0, 0.05) is 30.3 Å². The third-order valence-electron chi connectivity index (χ3n) is 3.18. The van der Waals surface area contributed by atoms with Crippen LogP contribution < -0.4 is 5.73 Å². The molecule has 0 aliphatic carbocycles. The van der Waals surface area contributed by atoms with Gasteiger partial charge in [0.25, 0.3) is 0 Å². The van der Waals surface area contributed by atoms with Gasteiger partial charge in [-0.2, -0.15) is 0 Å². The lowest BCUT2D eigenvalue weighted by Gasteiger charge is -2.21. The third-order valence-corrected chi connectivity index (χ3v) is 3.47. The number of anilines is 1. The molecule has 1 aromatic heterocycles. The molecule has 2 unspecified atom stereocenters. The van der Waals surface area contributed by atoms with E-state index in [2.05, 4.69) is 15.0 Å². The lowest BCUT2D eigenvalue weighted by atomic mass is 9.92. The molecule has 98 valence electrons. The minimum atomic E-state index is -0.134. The number of hydrogen-bond acceptors (Lipinski definition) is 5. The number of ether oxygens (including phenoxy) is 1. The summed E-state index contributed by atoms with van der Waals surface area (Å²) in [6.45, 7) is 0. The van der Waals surface area contributed by atoms with E-state index in [9.17, 15) is 0 Å². The lowest BCUT2D eigenvalue weighted by molar-refractivity contribution is 0.167. The molecule has 2 aliphatic heterocycles. The molecule has 0 aromatic carbocycles. The highest BCUT2D eigenvalue weighted by Gasteiger charge is 2.27. The predicted molar refractivity (Wildman–Crippen MR) is 74.0 cm³/mol. The van der Waals surface area contributed by atoms with E-state index >= 15 is 0 Å². The van der Waals surface area contributed by atoms with Gasteiger partial charge in [-0.3, -0.25) is 4.99 Å². The largest absolute Gasteiger partial charge is 0.492 e. The Kier molecular flexibility index (Phi) is 3.21. The average molecular weight is 277 g/mol. The van der Waals surface area contributed by atoms with Crippen molar-refractivity contribution in [2.75, 3.05) is 5.73 Å². The van der Waals surface area contributed by atoms with Crippen LogP contribution in [0.25, 0.3) is 0 Å². The molecule has 6 heteroatoms. The van der Waals surface area contributed by atoms with E-state index in [-0.39, 0.29) is 18.0 Å². The Morgan fingerprint density at radius 2 is 2.21 bits per heavy atom. The second-order valence-electron chi connectivity index (χ2n) is 4.42. The molecule has 1 aromatic rings. The predicted octanol–water partition coefficient (Wildman–Crippen LogP) is 2.76. The van der Waals surface area contributed by atoms with Crippen molar-refractivity contribution in [1.82, 2.24) is 9.97 Å². The fourth-order valence-electron chi connectivity index (χ4n) is 2.31. The minimum absolute atomic E-state index is 0.116. The second kappa shape index (κ2) is 5.01. The van der Waals surface area contributed by atoms with Gasteiger partial charge in [0.15, 0.2) is 0 Å². The molecule has 0 saturated heterocycles. The summed E-state index contributed by atoms with van der Waals surface area (Å²) in [6.07, 6.45) is 10.7. The first-order valence-corrected chi connectivity index (χ1v) is 6.45. The average Bonchev–Trinajstić information content (AvgIpc) is 2.92. The van der Waals surface area contributed by atoms with Crippen LogP contribution in [0.2, 0.25) is 5.15 Å². The first-order chi connectivity index (χ1) is 9.25. The Balaban J connectivity index is 2.05. The summed E-state index contributed by atoms with van der Waals surface area (Å²) in [6, 6.07) is 0. The number of nitrogens with zero attached hydrogens (tertiary/aromatic N) is 3. The molecule has 0 fully saturated rings. The van der Waals surface area contributed by atoms with Gasteiger partial charge in [0.2, 0.25) is 5.95 Å². The van der Waals surface area contributed by atoms with Gasteiger partial charge in [0.05, 0.1) is 12.0 Å². The van der Waals surface area contributed by atoms with Crippen LogP contribution >= 0.6 is 11.6 Å². The Labute approximate surface area is 115 Å².